The second-order valence-corrected chi connectivity index (χ2v) is 6.47. The van der Waals surface area contributed by atoms with E-state index < -0.39 is 0 Å². The largest absolute Gasteiger partial charge is 0.125 e. The molecule has 0 bridgehead atoms. The van der Waals surface area contributed by atoms with Crippen molar-refractivity contribution in [2.45, 2.75) is 22.0 Å². The third-order valence-corrected chi connectivity index (χ3v) is 4.90. The minimum Gasteiger partial charge on any atom is -0.125 e. The molecule has 2 aromatic rings. The van der Waals surface area contributed by atoms with Crippen LogP contribution in [0.1, 0.15) is 6.92 Å². The zero-order chi connectivity index (χ0) is 11.9. The van der Waals surface area contributed by atoms with E-state index in [4.69, 9.17) is 0 Å². The number of hydrogen-bond donors (Lipinski definition) is 0. The predicted octanol–water partition coefficient (Wildman–Crippen LogP) is 4.96. The van der Waals surface area contributed by atoms with Gasteiger partial charge in [0, 0.05) is 20.8 Å². The maximum absolute atomic E-state index is 2.29. The van der Waals surface area contributed by atoms with Crippen LogP contribution in [0.3, 0.4) is 0 Å². The van der Waals surface area contributed by atoms with Gasteiger partial charge in [0.15, 0.2) is 0 Å². The molecular formula is C15H16S2. The van der Waals surface area contributed by atoms with Gasteiger partial charge in [-0.2, -0.15) is 0 Å². The van der Waals surface area contributed by atoms with Gasteiger partial charge in [0.2, 0.25) is 0 Å². The molecule has 0 aliphatic heterocycles. The topological polar surface area (TPSA) is 0 Å². The highest BCUT2D eigenvalue weighted by atomic mass is 32.2. The second kappa shape index (κ2) is 6.77. The average molecular weight is 260 g/mol. The first kappa shape index (κ1) is 12.6. The van der Waals surface area contributed by atoms with Crippen molar-refractivity contribution in [2.75, 3.05) is 5.75 Å². The Morgan fingerprint density at radius 1 is 0.824 bits per heavy atom. The lowest BCUT2D eigenvalue weighted by atomic mass is 10.4. The molecular weight excluding hydrogens is 244 g/mol. The Balaban J connectivity index is 1.80. The average Bonchev–Trinajstić information content (AvgIpc) is 2.39. The summed E-state index contributed by atoms with van der Waals surface area (Å²) in [6, 6.07) is 21.2. The van der Waals surface area contributed by atoms with Gasteiger partial charge in [-0.05, 0) is 24.3 Å². The smallest absolute Gasteiger partial charge is 0.0160 e. The molecule has 0 amide bonds. The molecule has 2 aromatic carbocycles. The zero-order valence-electron chi connectivity index (χ0n) is 9.87. The van der Waals surface area contributed by atoms with Gasteiger partial charge in [-0.1, -0.05) is 43.3 Å². The molecule has 0 radical (unpaired) electrons. The minimum atomic E-state index is 0.627. The molecule has 2 heteroatoms. The summed E-state index contributed by atoms with van der Waals surface area (Å²) in [5.41, 5.74) is 0. The fraction of sp³-hybridized carbons (Fsp3) is 0.200. The van der Waals surface area contributed by atoms with Crippen molar-refractivity contribution in [3.8, 4) is 0 Å². The molecule has 0 spiro atoms. The summed E-state index contributed by atoms with van der Waals surface area (Å²) in [4.78, 5) is 2.71. The van der Waals surface area contributed by atoms with E-state index in [0.717, 1.165) is 5.75 Å². The Labute approximate surface area is 112 Å². The monoisotopic (exact) mass is 260 g/mol. The summed E-state index contributed by atoms with van der Waals surface area (Å²) in [5, 5.41) is 0.627. The molecule has 0 heterocycles. The minimum absolute atomic E-state index is 0.627. The quantitative estimate of drug-likeness (QED) is 0.697. The maximum atomic E-state index is 2.29. The summed E-state index contributed by atoms with van der Waals surface area (Å²) in [6.07, 6.45) is 0. The second-order valence-electron chi connectivity index (χ2n) is 3.87. The van der Waals surface area contributed by atoms with Gasteiger partial charge in [0.05, 0.1) is 0 Å². The van der Waals surface area contributed by atoms with Crippen LogP contribution in [-0.2, 0) is 0 Å². The van der Waals surface area contributed by atoms with Crippen LogP contribution in [0, 0.1) is 0 Å². The Hall–Kier alpha value is -0.860. The predicted molar refractivity (Wildman–Crippen MR) is 78.9 cm³/mol. The molecule has 88 valence electrons. The lowest BCUT2D eigenvalue weighted by molar-refractivity contribution is 1.12. The van der Waals surface area contributed by atoms with Crippen molar-refractivity contribution in [2.24, 2.45) is 0 Å². The molecule has 0 nitrogen and oxygen atoms in total. The van der Waals surface area contributed by atoms with Crippen LogP contribution in [0.25, 0.3) is 0 Å². The molecule has 0 saturated heterocycles. The lowest BCUT2D eigenvalue weighted by Crippen LogP contribution is -1.99. The molecule has 0 aliphatic carbocycles. The van der Waals surface area contributed by atoms with Gasteiger partial charge in [-0.25, -0.2) is 0 Å². The fourth-order valence-corrected chi connectivity index (χ4v) is 3.53. The van der Waals surface area contributed by atoms with Crippen molar-refractivity contribution in [3.05, 3.63) is 60.7 Å². The molecule has 0 aromatic heterocycles. The van der Waals surface area contributed by atoms with E-state index in [2.05, 4.69) is 67.6 Å². The maximum Gasteiger partial charge on any atom is 0.0160 e. The van der Waals surface area contributed by atoms with E-state index in [9.17, 15) is 0 Å². The van der Waals surface area contributed by atoms with Crippen LogP contribution in [0.5, 0.6) is 0 Å². The van der Waals surface area contributed by atoms with E-state index in [1.165, 1.54) is 9.79 Å². The van der Waals surface area contributed by atoms with E-state index in [-0.39, 0.29) is 0 Å². The molecule has 17 heavy (non-hydrogen) atoms. The van der Waals surface area contributed by atoms with E-state index >= 15 is 0 Å². The molecule has 0 fully saturated rings. The summed E-state index contributed by atoms with van der Waals surface area (Å²) in [6.45, 7) is 2.29. The molecule has 0 saturated carbocycles. The highest BCUT2D eigenvalue weighted by molar-refractivity contribution is 8.03. The normalized spacial score (nSPS) is 12.3. The highest BCUT2D eigenvalue weighted by Crippen LogP contribution is 2.27. The van der Waals surface area contributed by atoms with Crippen LogP contribution in [0.4, 0.5) is 0 Å². The van der Waals surface area contributed by atoms with Gasteiger partial charge in [0.1, 0.15) is 0 Å². The molecule has 1 atom stereocenters. The molecule has 1 unspecified atom stereocenters. The third kappa shape index (κ3) is 4.49. The first-order chi connectivity index (χ1) is 8.34. The Bertz CT molecular complexity index is 425. The van der Waals surface area contributed by atoms with Crippen molar-refractivity contribution in [1.82, 2.24) is 0 Å². The standard InChI is InChI=1S/C15H16S2/c1-13(17-15-10-6-3-7-11-15)12-16-14-8-4-2-5-9-14/h2-11,13H,12H2,1H3. The first-order valence-electron chi connectivity index (χ1n) is 5.74. The zero-order valence-corrected chi connectivity index (χ0v) is 11.5. The van der Waals surface area contributed by atoms with E-state index in [0.29, 0.717) is 5.25 Å². The highest BCUT2D eigenvalue weighted by Gasteiger charge is 2.04. The van der Waals surface area contributed by atoms with Crippen LogP contribution in [0.15, 0.2) is 70.5 Å². The Morgan fingerprint density at radius 3 is 1.94 bits per heavy atom. The van der Waals surface area contributed by atoms with Crippen molar-refractivity contribution < 1.29 is 0 Å². The van der Waals surface area contributed by atoms with Crippen molar-refractivity contribution in [3.63, 3.8) is 0 Å². The summed E-state index contributed by atoms with van der Waals surface area (Å²) in [5.74, 6) is 1.14. The van der Waals surface area contributed by atoms with Crippen LogP contribution < -0.4 is 0 Å². The SMILES string of the molecule is CC(CSc1ccccc1)Sc1ccccc1. The van der Waals surface area contributed by atoms with Crippen LogP contribution >= 0.6 is 23.5 Å². The number of thioether (sulfide) groups is 2. The van der Waals surface area contributed by atoms with Crippen molar-refractivity contribution in [1.29, 1.82) is 0 Å². The van der Waals surface area contributed by atoms with Crippen LogP contribution in [-0.4, -0.2) is 11.0 Å². The number of rotatable bonds is 5. The summed E-state index contributed by atoms with van der Waals surface area (Å²) in [7, 11) is 0. The molecule has 0 N–H and O–H groups in total. The van der Waals surface area contributed by atoms with Gasteiger partial charge < -0.3 is 0 Å². The number of benzene rings is 2. The Morgan fingerprint density at radius 2 is 1.35 bits per heavy atom. The van der Waals surface area contributed by atoms with E-state index in [1.807, 2.05) is 23.5 Å². The van der Waals surface area contributed by atoms with Crippen LogP contribution in [0.2, 0.25) is 0 Å². The first-order valence-corrected chi connectivity index (χ1v) is 7.60. The Kier molecular flexibility index (Phi) is 5.02. The van der Waals surface area contributed by atoms with Gasteiger partial charge in [-0.15, -0.1) is 23.5 Å². The third-order valence-electron chi connectivity index (χ3n) is 2.31. The van der Waals surface area contributed by atoms with Crippen molar-refractivity contribution >= 4 is 23.5 Å². The molecule has 2 rings (SSSR count). The van der Waals surface area contributed by atoms with Gasteiger partial charge in [-0.3, -0.25) is 0 Å². The van der Waals surface area contributed by atoms with E-state index in [1.54, 1.807) is 0 Å². The molecule has 0 aliphatic rings. The van der Waals surface area contributed by atoms with Gasteiger partial charge in [0.25, 0.3) is 0 Å². The lowest BCUT2D eigenvalue weighted by Gasteiger charge is -2.10. The summed E-state index contributed by atoms with van der Waals surface area (Å²) < 4.78 is 0. The number of hydrogen-bond acceptors (Lipinski definition) is 2. The fourth-order valence-electron chi connectivity index (χ4n) is 1.50. The summed E-state index contributed by atoms with van der Waals surface area (Å²) >= 11 is 3.87. The van der Waals surface area contributed by atoms with Gasteiger partial charge >= 0.3 is 0 Å².